The van der Waals surface area contributed by atoms with E-state index in [1.54, 1.807) is 67.4 Å². The molecule has 3 aliphatic rings. The van der Waals surface area contributed by atoms with E-state index in [-0.39, 0.29) is 56.7 Å². The summed E-state index contributed by atoms with van der Waals surface area (Å²) in [5.74, 6) is 2.02. The predicted molar refractivity (Wildman–Crippen MR) is 167 cm³/mol. The molecule has 0 saturated carbocycles. The molecule has 3 aromatic rings. The van der Waals surface area contributed by atoms with E-state index in [2.05, 4.69) is 16.0 Å². The van der Waals surface area contributed by atoms with Crippen LogP contribution in [0.1, 0.15) is 24.2 Å². The minimum Gasteiger partial charge on any atom is -0.487 e. The number of benzene rings is 3. The van der Waals surface area contributed by atoms with Gasteiger partial charge < -0.3 is 54.5 Å². The molecule has 4 N–H and O–H groups in total. The van der Waals surface area contributed by atoms with Crippen LogP contribution in [0.15, 0.2) is 54.6 Å². The molecule has 3 aromatic carbocycles. The fourth-order valence-electron chi connectivity index (χ4n) is 5.33. The number of carbonyl (C=O) groups is 3. The number of anilines is 3. The summed E-state index contributed by atoms with van der Waals surface area (Å²) in [5.41, 5.74) is 1.62. The second-order valence-corrected chi connectivity index (χ2v) is 11.4. The van der Waals surface area contributed by atoms with Gasteiger partial charge in [-0.05, 0) is 49.4 Å². The molecule has 5 amide bonds. The molecular formula is C32H35N5O9. The first kappa shape index (κ1) is 30.6. The van der Waals surface area contributed by atoms with Gasteiger partial charge in [0.15, 0.2) is 23.0 Å². The third-order valence-electron chi connectivity index (χ3n) is 7.98. The van der Waals surface area contributed by atoms with Crippen molar-refractivity contribution in [3.63, 3.8) is 0 Å². The summed E-state index contributed by atoms with van der Waals surface area (Å²) in [5, 5.41) is 18.3. The highest BCUT2D eigenvalue weighted by molar-refractivity contribution is 6.02. The third-order valence-corrected chi connectivity index (χ3v) is 7.98. The lowest BCUT2D eigenvalue weighted by molar-refractivity contribution is 0.0371. The first-order valence-electron chi connectivity index (χ1n) is 14.8. The Balaban J connectivity index is 1.18. The second kappa shape index (κ2) is 12.9. The van der Waals surface area contributed by atoms with E-state index < -0.39 is 18.2 Å². The first-order valence-corrected chi connectivity index (χ1v) is 14.8. The SMILES string of the molecule is C[C@H](CO)N1C[C@H](C)[C@H](CN(C)C(=O)Nc2ccc3c(c2)OCO3)Oc2ccc(NC(=O)Nc3ccc4c(c3)OCO4)cc2C1=O. The average molecular weight is 634 g/mol. The van der Waals surface area contributed by atoms with Gasteiger partial charge >= 0.3 is 12.1 Å². The van der Waals surface area contributed by atoms with Gasteiger partial charge in [-0.1, -0.05) is 6.92 Å². The van der Waals surface area contributed by atoms with Gasteiger partial charge in [0.1, 0.15) is 11.9 Å². The minimum absolute atomic E-state index is 0.117. The summed E-state index contributed by atoms with van der Waals surface area (Å²) >= 11 is 0. The van der Waals surface area contributed by atoms with Gasteiger partial charge in [0.25, 0.3) is 5.91 Å². The molecule has 3 heterocycles. The number of ether oxygens (including phenoxy) is 5. The smallest absolute Gasteiger partial charge is 0.323 e. The van der Waals surface area contributed by atoms with E-state index in [4.69, 9.17) is 23.7 Å². The fraction of sp³-hybridized carbons (Fsp3) is 0.344. The van der Waals surface area contributed by atoms with Gasteiger partial charge in [-0.2, -0.15) is 0 Å². The monoisotopic (exact) mass is 633 g/mol. The molecule has 14 nitrogen and oxygen atoms in total. The largest absolute Gasteiger partial charge is 0.487 e. The molecule has 242 valence electrons. The number of likely N-dealkylation sites (N-methyl/N-ethyl adjacent to an activating group) is 1. The Kier molecular flexibility index (Phi) is 8.61. The van der Waals surface area contributed by atoms with Crippen molar-refractivity contribution in [3.05, 3.63) is 60.2 Å². The molecule has 0 radical (unpaired) electrons. The quantitative estimate of drug-likeness (QED) is 0.299. The van der Waals surface area contributed by atoms with Crippen molar-refractivity contribution in [3.8, 4) is 28.7 Å². The van der Waals surface area contributed by atoms with Crippen LogP contribution in [-0.4, -0.2) is 85.4 Å². The topological polar surface area (TPSA) is 160 Å². The number of nitrogens with one attached hydrogen (secondary N) is 3. The summed E-state index contributed by atoms with van der Waals surface area (Å²) in [6.45, 7) is 4.16. The van der Waals surface area contributed by atoms with Crippen molar-refractivity contribution in [2.24, 2.45) is 5.92 Å². The molecule has 14 heteroatoms. The van der Waals surface area contributed by atoms with Crippen LogP contribution in [0, 0.1) is 5.92 Å². The van der Waals surface area contributed by atoms with Crippen LogP contribution >= 0.6 is 0 Å². The van der Waals surface area contributed by atoms with E-state index in [1.807, 2.05) is 6.92 Å². The standard InChI is InChI=1S/C32H35N5O9/c1-18-13-37(19(2)15-38)30(39)23-10-20(33-31(40)34-21-5-8-25-27(11-21)44-16-42-25)4-7-24(23)46-29(18)14-36(3)32(41)35-22-6-9-26-28(12-22)45-17-43-26/h4-12,18-19,29,38H,13-17H2,1-3H3,(H,35,41)(H2,33,34,40)/t18-,19+,29-/m0/s1. The Bertz CT molecular complexity index is 1650. The Labute approximate surface area is 265 Å². The fourth-order valence-corrected chi connectivity index (χ4v) is 5.33. The Morgan fingerprint density at radius 3 is 2.02 bits per heavy atom. The summed E-state index contributed by atoms with van der Waals surface area (Å²) in [4.78, 5) is 42.8. The van der Waals surface area contributed by atoms with E-state index in [1.165, 1.54) is 11.0 Å². The highest BCUT2D eigenvalue weighted by atomic mass is 16.7. The number of carbonyl (C=O) groups excluding carboxylic acids is 3. The summed E-state index contributed by atoms with van der Waals surface area (Å²) in [6.07, 6.45) is -0.513. The summed E-state index contributed by atoms with van der Waals surface area (Å²) < 4.78 is 27.8. The van der Waals surface area contributed by atoms with E-state index in [9.17, 15) is 19.5 Å². The number of fused-ring (bicyclic) bond motifs is 3. The van der Waals surface area contributed by atoms with Crippen LogP contribution < -0.4 is 39.6 Å². The highest BCUT2D eigenvalue weighted by Crippen LogP contribution is 2.36. The molecule has 0 saturated heterocycles. The molecule has 0 aromatic heterocycles. The van der Waals surface area contributed by atoms with E-state index in [0.29, 0.717) is 45.8 Å². The van der Waals surface area contributed by atoms with Gasteiger partial charge in [-0.15, -0.1) is 0 Å². The van der Waals surface area contributed by atoms with Crippen molar-refractivity contribution >= 4 is 35.0 Å². The lowest BCUT2D eigenvalue weighted by Gasteiger charge is -2.38. The second-order valence-electron chi connectivity index (χ2n) is 11.4. The van der Waals surface area contributed by atoms with Crippen LogP contribution in [0.3, 0.4) is 0 Å². The van der Waals surface area contributed by atoms with Crippen LogP contribution in [-0.2, 0) is 0 Å². The summed E-state index contributed by atoms with van der Waals surface area (Å²) in [7, 11) is 1.66. The Hall–Kier alpha value is -5.37. The van der Waals surface area contributed by atoms with E-state index >= 15 is 0 Å². The lowest BCUT2D eigenvalue weighted by Crippen LogP contribution is -2.50. The zero-order chi connectivity index (χ0) is 32.4. The zero-order valence-electron chi connectivity index (χ0n) is 25.6. The van der Waals surface area contributed by atoms with Gasteiger partial charge in [-0.3, -0.25) is 4.79 Å². The number of aliphatic hydroxyl groups excluding tert-OH is 1. The Morgan fingerprint density at radius 1 is 0.870 bits per heavy atom. The number of hydrogen-bond donors (Lipinski definition) is 4. The van der Waals surface area contributed by atoms with Gasteiger partial charge in [0, 0.05) is 48.7 Å². The first-order chi connectivity index (χ1) is 22.2. The van der Waals surface area contributed by atoms with E-state index in [0.717, 1.165) is 0 Å². The number of nitrogens with zero attached hydrogens (tertiary/aromatic N) is 2. The highest BCUT2D eigenvalue weighted by Gasteiger charge is 2.34. The molecule has 6 rings (SSSR count). The van der Waals surface area contributed by atoms with Crippen LogP contribution in [0.4, 0.5) is 26.7 Å². The predicted octanol–water partition coefficient (Wildman–Crippen LogP) is 4.17. The average Bonchev–Trinajstić information content (AvgIpc) is 3.71. The zero-order valence-corrected chi connectivity index (χ0v) is 25.6. The third kappa shape index (κ3) is 6.52. The summed E-state index contributed by atoms with van der Waals surface area (Å²) in [6, 6.07) is 13.6. The number of rotatable bonds is 7. The van der Waals surface area contributed by atoms with Crippen LogP contribution in [0.5, 0.6) is 28.7 Å². The van der Waals surface area contributed by atoms with Crippen LogP contribution in [0.25, 0.3) is 0 Å². The lowest BCUT2D eigenvalue weighted by atomic mass is 9.99. The number of urea groups is 2. The molecule has 0 fully saturated rings. The Morgan fingerprint density at radius 2 is 1.41 bits per heavy atom. The van der Waals surface area contributed by atoms with Crippen molar-refractivity contribution in [1.29, 1.82) is 0 Å². The molecule has 0 spiro atoms. The molecule has 3 atom stereocenters. The van der Waals surface area contributed by atoms with Gasteiger partial charge in [0.05, 0.1) is 24.8 Å². The molecular weight excluding hydrogens is 598 g/mol. The molecule has 3 aliphatic heterocycles. The molecule has 0 unspecified atom stereocenters. The number of hydrogen-bond acceptors (Lipinski definition) is 9. The number of aliphatic hydroxyl groups is 1. The van der Waals surface area contributed by atoms with Crippen molar-refractivity contribution < 1.29 is 43.2 Å². The maximum atomic E-state index is 13.8. The normalized spacial score (nSPS) is 18.4. The molecule has 46 heavy (non-hydrogen) atoms. The maximum Gasteiger partial charge on any atom is 0.323 e. The van der Waals surface area contributed by atoms with Gasteiger partial charge in [0.2, 0.25) is 13.6 Å². The van der Waals surface area contributed by atoms with Gasteiger partial charge in [-0.25, -0.2) is 9.59 Å². The maximum absolute atomic E-state index is 13.8. The molecule has 0 bridgehead atoms. The van der Waals surface area contributed by atoms with Crippen molar-refractivity contribution in [1.82, 2.24) is 9.80 Å². The van der Waals surface area contributed by atoms with Crippen LogP contribution in [0.2, 0.25) is 0 Å². The van der Waals surface area contributed by atoms with Crippen molar-refractivity contribution in [2.45, 2.75) is 26.0 Å². The minimum atomic E-state index is -0.528. The molecule has 0 aliphatic carbocycles. The number of amides is 5. The van der Waals surface area contributed by atoms with Crippen molar-refractivity contribution in [2.75, 3.05) is 56.3 Å².